The summed E-state index contributed by atoms with van der Waals surface area (Å²) in [6.07, 6.45) is 0. The van der Waals surface area contributed by atoms with E-state index in [1.54, 1.807) is 9.48 Å². The van der Waals surface area contributed by atoms with Crippen molar-refractivity contribution in [3.63, 3.8) is 0 Å². The summed E-state index contributed by atoms with van der Waals surface area (Å²) in [5.74, 6) is 0.188. The van der Waals surface area contributed by atoms with Crippen molar-refractivity contribution in [2.45, 2.75) is 19.9 Å². The lowest BCUT2D eigenvalue weighted by Crippen LogP contribution is -2.64. The number of rotatable bonds is 4. The smallest absolute Gasteiger partial charge is 0.298 e. The third kappa shape index (κ3) is 2.32. The van der Waals surface area contributed by atoms with Crippen LogP contribution in [0.25, 0.3) is 0 Å². The van der Waals surface area contributed by atoms with Crippen LogP contribution < -0.4 is 0 Å². The minimum atomic E-state index is -0.705. The number of likely N-dealkylation sites (N-methyl/N-ethyl adjacent to an activating group) is 1. The van der Waals surface area contributed by atoms with E-state index in [1.807, 2.05) is 0 Å². The molecule has 0 saturated carbocycles. The molecule has 1 unspecified atom stereocenters. The SMILES string of the molecule is CC(=O)CN1C(=O)C2C(=NC3=[N+](CC(C)=O)CCN32)N(C)C1=O. The molecule has 0 N–H and O–H groups in total. The Labute approximate surface area is 132 Å². The summed E-state index contributed by atoms with van der Waals surface area (Å²) >= 11 is 0. The first kappa shape index (κ1) is 15.3. The molecular formula is C14H18N5O4+. The predicted molar refractivity (Wildman–Crippen MR) is 79.2 cm³/mol. The van der Waals surface area contributed by atoms with E-state index in [4.69, 9.17) is 0 Å². The van der Waals surface area contributed by atoms with Gasteiger partial charge in [0.15, 0.2) is 5.78 Å². The second-order valence-electron chi connectivity index (χ2n) is 5.96. The number of ketones is 2. The number of amides is 3. The Morgan fingerprint density at radius 1 is 1.26 bits per heavy atom. The molecule has 1 fully saturated rings. The number of fused-ring (bicyclic) bond motifs is 3. The summed E-state index contributed by atoms with van der Waals surface area (Å²) in [6.45, 7) is 3.95. The first-order valence-corrected chi connectivity index (χ1v) is 7.36. The largest absolute Gasteiger partial charge is 0.393 e. The molecule has 122 valence electrons. The molecule has 3 heterocycles. The second kappa shape index (κ2) is 5.25. The number of amidine groups is 1. The number of carbonyl (C=O) groups is 4. The maximum Gasteiger partial charge on any atom is 0.393 e. The molecule has 23 heavy (non-hydrogen) atoms. The van der Waals surface area contributed by atoms with Gasteiger partial charge in [0.25, 0.3) is 5.91 Å². The van der Waals surface area contributed by atoms with Crippen molar-refractivity contribution in [2.24, 2.45) is 4.99 Å². The number of guanidine groups is 1. The number of carbonyl (C=O) groups excluding carboxylic acids is 4. The highest BCUT2D eigenvalue weighted by Crippen LogP contribution is 2.25. The van der Waals surface area contributed by atoms with Crippen molar-refractivity contribution in [3.8, 4) is 0 Å². The molecule has 3 rings (SSSR count). The van der Waals surface area contributed by atoms with Crippen LogP contribution in [0.1, 0.15) is 13.8 Å². The van der Waals surface area contributed by atoms with Gasteiger partial charge in [-0.3, -0.25) is 28.8 Å². The van der Waals surface area contributed by atoms with Crippen molar-refractivity contribution in [1.29, 1.82) is 0 Å². The van der Waals surface area contributed by atoms with Crippen LogP contribution in [0.5, 0.6) is 0 Å². The second-order valence-corrected chi connectivity index (χ2v) is 5.96. The Kier molecular flexibility index (Phi) is 3.50. The van der Waals surface area contributed by atoms with Crippen LogP contribution in [0, 0.1) is 0 Å². The maximum atomic E-state index is 12.7. The Balaban J connectivity index is 1.98. The van der Waals surface area contributed by atoms with E-state index in [9.17, 15) is 19.2 Å². The Bertz CT molecular complexity index is 695. The number of nitrogens with zero attached hydrogens (tertiary/aromatic N) is 5. The molecule has 9 heteroatoms. The first-order chi connectivity index (χ1) is 10.8. The van der Waals surface area contributed by atoms with Crippen LogP contribution in [0.15, 0.2) is 4.99 Å². The normalized spacial score (nSPS) is 23.3. The molecule has 0 aromatic rings. The summed E-state index contributed by atoms with van der Waals surface area (Å²) in [5, 5.41) is 0. The molecule has 1 atom stereocenters. The topological polar surface area (TPSA) is 93.4 Å². The number of Topliss-reactive ketones (excluding diaryl/α,β-unsaturated/α-hetero) is 2. The lowest BCUT2D eigenvalue weighted by atomic mass is 10.1. The maximum absolute atomic E-state index is 12.7. The zero-order valence-electron chi connectivity index (χ0n) is 13.3. The monoisotopic (exact) mass is 320 g/mol. The molecule has 0 spiro atoms. The lowest BCUT2D eigenvalue weighted by molar-refractivity contribution is -0.506. The summed E-state index contributed by atoms with van der Waals surface area (Å²) in [5.41, 5.74) is 0. The third-order valence-electron chi connectivity index (χ3n) is 4.08. The van der Waals surface area contributed by atoms with Gasteiger partial charge in [0, 0.05) is 7.05 Å². The highest BCUT2D eigenvalue weighted by molar-refractivity contribution is 6.26. The minimum absolute atomic E-state index is 0.00313. The van der Waals surface area contributed by atoms with Crippen molar-refractivity contribution in [1.82, 2.24) is 14.7 Å². The fraction of sp³-hybridized carbons (Fsp3) is 0.571. The van der Waals surface area contributed by atoms with E-state index in [2.05, 4.69) is 4.99 Å². The Morgan fingerprint density at radius 2 is 1.96 bits per heavy atom. The fourth-order valence-corrected chi connectivity index (χ4v) is 3.10. The van der Waals surface area contributed by atoms with Gasteiger partial charge < -0.3 is 0 Å². The van der Waals surface area contributed by atoms with E-state index in [-0.39, 0.29) is 24.7 Å². The first-order valence-electron chi connectivity index (χ1n) is 7.36. The quantitative estimate of drug-likeness (QED) is 0.589. The fourth-order valence-electron chi connectivity index (χ4n) is 3.10. The molecule has 0 radical (unpaired) electrons. The summed E-state index contributed by atoms with van der Waals surface area (Å²) in [7, 11) is 1.53. The van der Waals surface area contributed by atoms with E-state index >= 15 is 0 Å². The van der Waals surface area contributed by atoms with Gasteiger partial charge in [-0.25, -0.2) is 9.69 Å². The Hall–Kier alpha value is -2.58. The van der Waals surface area contributed by atoms with Crippen LogP contribution in [-0.4, -0.2) is 93.8 Å². The summed E-state index contributed by atoms with van der Waals surface area (Å²) in [4.78, 5) is 56.1. The summed E-state index contributed by atoms with van der Waals surface area (Å²) < 4.78 is 1.80. The van der Waals surface area contributed by atoms with Gasteiger partial charge in [0.1, 0.15) is 12.3 Å². The molecule has 0 bridgehead atoms. The molecular weight excluding hydrogens is 302 g/mol. The average Bonchev–Trinajstić information content (AvgIpc) is 3.01. The number of hydrogen-bond donors (Lipinski definition) is 0. The third-order valence-corrected chi connectivity index (χ3v) is 4.08. The van der Waals surface area contributed by atoms with E-state index in [0.29, 0.717) is 24.9 Å². The molecule has 9 nitrogen and oxygen atoms in total. The van der Waals surface area contributed by atoms with Crippen LogP contribution in [0.2, 0.25) is 0 Å². The summed E-state index contributed by atoms with van der Waals surface area (Å²) in [6, 6.07) is -1.26. The Morgan fingerprint density at radius 3 is 2.57 bits per heavy atom. The zero-order chi connectivity index (χ0) is 16.9. The standard InChI is InChI=1S/C14H18N5O4/c1-8(20)6-17-4-5-18-10-11(15-13(17)18)16(3)14(23)19(12(10)22)7-9(2)21/h10H,4-7H2,1-3H3/q+1. The highest BCUT2D eigenvalue weighted by atomic mass is 16.2. The average molecular weight is 320 g/mol. The van der Waals surface area contributed by atoms with Gasteiger partial charge in [-0.2, -0.15) is 0 Å². The molecule has 0 aromatic carbocycles. The van der Waals surface area contributed by atoms with Crippen molar-refractivity contribution < 1.29 is 23.8 Å². The number of hydrogen-bond acceptors (Lipinski definition) is 6. The zero-order valence-corrected chi connectivity index (χ0v) is 13.3. The predicted octanol–water partition coefficient (Wildman–Crippen LogP) is -1.48. The number of urea groups is 1. The van der Waals surface area contributed by atoms with Crippen LogP contribution >= 0.6 is 0 Å². The van der Waals surface area contributed by atoms with Gasteiger partial charge in [-0.05, 0) is 13.8 Å². The molecule has 3 aliphatic heterocycles. The lowest BCUT2D eigenvalue weighted by Gasteiger charge is -2.33. The van der Waals surface area contributed by atoms with Gasteiger partial charge in [0.05, 0.1) is 19.6 Å². The number of imide groups is 1. The van der Waals surface area contributed by atoms with Crippen molar-refractivity contribution in [3.05, 3.63) is 0 Å². The van der Waals surface area contributed by atoms with E-state index in [0.717, 1.165) is 4.90 Å². The van der Waals surface area contributed by atoms with Gasteiger partial charge in [-0.15, -0.1) is 0 Å². The molecule has 3 amide bonds. The molecule has 0 aromatic heterocycles. The van der Waals surface area contributed by atoms with Gasteiger partial charge >= 0.3 is 12.0 Å². The van der Waals surface area contributed by atoms with E-state index < -0.39 is 18.0 Å². The van der Waals surface area contributed by atoms with Gasteiger partial charge in [0.2, 0.25) is 11.9 Å². The van der Waals surface area contributed by atoms with Gasteiger partial charge in [-0.1, -0.05) is 4.99 Å². The number of aliphatic imine (C=N–C) groups is 1. The molecule has 1 saturated heterocycles. The molecule has 0 aliphatic carbocycles. The van der Waals surface area contributed by atoms with Crippen molar-refractivity contribution >= 4 is 35.3 Å². The highest BCUT2D eigenvalue weighted by Gasteiger charge is 2.57. The molecule has 3 aliphatic rings. The van der Waals surface area contributed by atoms with Crippen LogP contribution in [0.4, 0.5) is 4.79 Å². The van der Waals surface area contributed by atoms with Crippen LogP contribution in [0.3, 0.4) is 0 Å². The van der Waals surface area contributed by atoms with Crippen LogP contribution in [-0.2, 0) is 14.4 Å². The van der Waals surface area contributed by atoms with E-state index in [1.165, 1.54) is 25.8 Å². The van der Waals surface area contributed by atoms with Crippen molar-refractivity contribution in [2.75, 3.05) is 33.2 Å². The minimum Gasteiger partial charge on any atom is -0.298 e.